The van der Waals surface area contributed by atoms with Gasteiger partial charge in [0.25, 0.3) is 5.91 Å². The number of carbonyl (C=O) groups excluding carboxylic acids is 1. The van der Waals surface area contributed by atoms with Crippen LogP contribution in [0, 0.1) is 0 Å². The maximum absolute atomic E-state index is 12.3. The number of carbonyl (C=O) groups is 1. The normalized spacial score (nSPS) is 14.5. The van der Waals surface area contributed by atoms with E-state index in [9.17, 15) is 4.79 Å². The maximum atomic E-state index is 12.3. The number of fused-ring (bicyclic) bond motifs is 1. The molecule has 3 rings (SSSR count). The fourth-order valence-electron chi connectivity index (χ4n) is 2.79. The Morgan fingerprint density at radius 1 is 1.22 bits per heavy atom. The molecule has 0 saturated heterocycles. The van der Waals surface area contributed by atoms with Crippen LogP contribution in [0.3, 0.4) is 0 Å². The molecule has 2 aromatic carbocycles. The molecule has 2 atom stereocenters. The number of quaternary nitrogens is 1. The molecule has 0 fully saturated rings. The van der Waals surface area contributed by atoms with E-state index in [1.807, 2.05) is 44.3 Å². The largest absolute Gasteiger partial charge is 0.488 e. The maximum Gasteiger partial charge on any atom is 0.275 e. The third kappa shape index (κ3) is 5.52. The van der Waals surface area contributed by atoms with Crippen LogP contribution in [0.1, 0.15) is 18.5 Å². The highest BCUT2D eigenvalue weighted by Crippen LogP contribution is 2.34. The Morgan fingerprint density at radius 2 is 1.96 bits per heavy atom. The first-order valence-electron chi connectivity index (χ1n) is 8.90. The van der Waals surface area contributed by atoms with E-state index < -0.39 is 0 Å². The summed E-state index contributed by atoms with van der Waals surface area (Å²) in [5, 5.41) is 3.70. The third-order valence-electron chi connectivity index (χ3n) is 4.35. The van der Waals surface area contributed by atoms with E-state index in [0.29, 0.717) is 24.7 Å². The van der Waals surface area contributed by atoms with E-state index in [4.69, 9.17) is 25.8 Å². The number of amides is 1. The molecule has 0 bridgehead atoms. The van der Waals surface area contributed by atoms with Crippen molar-refractivity contribution in [3.63, 3.8) is 0 Å². The van der Waals surface area contributed by atoms with Gasteiger partial charge in [-0.2, -0.15) is 0 Å². The van der Waals surface area contributed by atoms with Crippen LogP contribution >= 0.6 is 11.6 Å². The molecule has 0 aromatic heterocycles. The van der Waals surface area contributed by atoms with Gasteiger partial charge in [-0.3, -0.25) is 4.79 Å². The summed E-state index contributed by atoms with van der Waals surface area (Å²) < 4.78 is 16.4. The summed E-state index contributed by atoms with van der Waals surface area (Å²) >= 11 is 5.85. The number of rotatable bonds is 8. The highest BCUT2D eigenvalue weighted by molar-refractivity contribution is 6.30. The van der Waals surface area contributed by atoms with Gasteiger partial charge < -0.3 is 24.4 Å². The number of hydrogen-bond donors (Lipinski definition) is 2. The topological polar surface area (TPSA) is 61.2 Å². The smallest absolute Gasteiger partial charge is 0.275 e. The Balaban J connectivity index is 1.40. The quantitative estimate of drug-likeness (QED) is 0.721. The van der Waals surface area contributed by atoms with E-state index in [1.165, 1.54) is 0 Å². The minimum Gasteiger partial charge on any atom is -0.488 e. The van der Waals surface area contributed by atoms with Crippen molar-refractivity contribution >= 4 is 17.5 Å². The third-order valence-corrected chi connectivity index (χ3v) is 4.60. The molecular formula is C20H24ClN2O4+. The van der Waals surface area contributed by atoms with Gasteiger partial charge in [0.1, 0.15) is 18.9 Å². The van der Waals surface area contributed by atoms with Gasteiger partial charge in [0.05, 0.1) is 13.1 Å². The number of hydrogen-bond acceptors (Lipinski definition) is 4. The second-order valence-corrected chi connectivity index (χ2v) is 7.02. The molecule has 1 aliphatic heterocycles. The van der Waals surface area contributed by atoms with E-state index in [-0.39, 0.29) is 18.7 Å². The van der Waals surface area contributed by atoms with E-state index in [1.54, 1.807) is 12.1 Å². The number of nitrogens with one attached hydrogen (secondary N) is 2. The molecule has 0 spiro atoms. The Kier molecular flexibility index (Phi) is 6.42. The van der Waals surface area contributed by atoms with Gasteiger partial charge in [-0.05, 0) is 48.9 Å². The first-order chi connectivity index (χ1) is 13.0. The molecule has 7 heteroatoms. The van der Waals surface area contributed by atoms with Gasteiger partial charge in [0.2, 0.25) is 6.79 Å². The van der Waals surface area contributed by atoms with Gasteiger partial charge in [-0.25, -0.2) is 0 Å². The first-order valence-corrected chi connectivity index (χ1v) is 9.27. The van der Waals surface area contributed by atoms with Crippen LogP contribution in [0.25, 0.3) is 0 Å². The summed E-state index contributed by atoms with van der Waals surface area (Å²) in [5.74, 6) is 2.22. The lowest BCUT2D eigenvalue weighted by atomic mass is 10.1. The Morgan fingerprint density at radius 3 is 2.74 bits per heavy atom. The zero-order chi connectivity index (χ0) is 19.2. The monoisotopic (exact) mass is 391 g/mol. The highest BCUT2D eigenvalue weighted by atomic mass is 35.5. The minimum absolute atomic E-state index is 0.0100. The predicted octanol–water partition coefficient (Wildman–Crippen LogP) is 1.84. The van der Waals surface area contributed by atoms with Crippen LogP contribution < -0.4 is 24.4 Å². The summed E-state index contributed by atoms with van der Waals surface area (Å²) in [6.07, 6.45) is 0. The molecule has 27 heavy (non-hydrogen) atoms. The van der Waals surface area contributed by atoms with Crippen LogP contribution in [-0.4, -0.2) is 39.4 Å². The molecule has 0 radical (unpaired) electrons. The minimum atomic E-state index is -0.106. The number of halogens is 1. The number of ether oxygens (including phenoxy) is 3. The van der Waals surface area contributed by atoms with E-state index in [0.717, 1.165) is 27.7 Å². The summed E-state index contributed by atoms with van der Waals surface area (Å²) in [4.78, 5) is 13.4. The molecular weight excluding hydrogens is 368 g/mol. The van der Waals surface area contributed by atoms with Crippen LogP contribution in [0.5, 0.6) is 17.2 Å². The van der Waals surface area contributed by atoms with E-state index >= 15 is 0 Å². The van der Waals surface area contributed by atoms with Gasteiger partial charge in [0, 0.05) is 5.02 Å². The summed E-state index contributed by atoms with van der Waals surface area (Å²) in [6.45, 7) is 3.81. The SMILES string of the molecule is C[C@@H](NC(=O)C[NH+](C)CCOc1ccc(Cl)cc1)c1ccc2c(c1)OCO2. The second kappa shape index (κ2) is 8.97. The van der Waals surface area contributed by atoms with Crippen molar-refractivity contribution in [1.82, 2.24) is 5.32 Å². The molecule has 1 unspecified atom stereocenters. The Bertz CT molecular complexity index is 782. The lowest BCUT2D eigenvalue weighted by Gasteiger charge is -2.18. The molecule has 1 heterocycles. The molecule has 144 valence electrons. The summed E-state index contributed by atoms with van der Waals surface area (Å²) in [6, 6.07) is 12.8. The molecule has 0 aliphatic carbocycles. The average Bonchev–Trinajstić information content (AvgIpc) is 3.11. The second-order valence-electron chi connectivity index (χ2n) is 6.59. The predicted molar refractivity (Wildman–Crippen MR) is 103 cm³/mol. The van der Waals surface area contributed by atoms with Crippen molar-refractivity contribution in [2.24, 2.45) is 0 Å². The summed E-state index contributed by atoms with van der Waals surface area (Å²) in [7, 11) is 1.97. The molecule has 0 saturated carbocycles. The Labute approximate surface area is 164 Å². The molecule has 2 aromatic rings. The van der Waals surface area contributed by atoms with Crippen LogP contribution in [-0.2, 0) is 4.79 Å². The van der Waals surface area contributed by atoms with Gasteiger partial charge >= 0.3 is 0 Å². The fraction of sp³-hybridized carbons (Fsp3) is 0.350. The average molecular weight is 392 g/mol. The lowest BCUT2D eigenvalue weighted by molar-refractivity contribution is -0.871. The van der Waals surface area contributed by atoms with Crippen molar-refractivity contribution in [3.8, 4) is 17.2 Å². The number of benzene rings is 2. The number of likely N-dealkylation sites (N-methyl/N-ethyl adjacent to an activating group) is 1. The van der Waals surface area contributed by atoms with Crippen LogP contribution in [0.2, 0.25) is 5.02 Å². The molecule has 2 N–H and O–H groups in total. The van der Waals surface area contributed by atoms with Crippen LogP contribution in [0.4, 0.5) is 0 Å². The molecule has 1 aliphatic rings. The zero-order valence-corrected chi connectivity index (χ0v) is 16.2. The highest BCUT2D eigenvalue weighted by Gasteiger charge is 2.18. The van der Waals surface area contributed by atoms with Crippen molar-refractivity contribution in [2.45, 2.75) is 13.0 Å². The molecule has 6 nitrogen and oxygen atoms in total. The zero-order valence-electron chi connectivity index (χ0n) is 15.5. The van der Waals surface area contributed by atoms with Gasteiger partial charge in [-0.1, -0.05) is 17.7 Å². The Hall–Kier alpha value is -2.44. The van der Waals surface area contributed by atoms with Gasteiger partial charge in [-0.15, -0.1) is 0 Å². The van der Waals surface area contributed by atoms with E-state index in [2.05, 4.69) is 5.32 Å². The standard InChI is InChI=1S/C20H23ClN2O4/c1-14(15-3-8-18-19(11-15)27-13-26-18)22-20(24)12-23(2)9-10-25-17-6-4-16(21)5-7-17/h3-8,11,14H,9-10,12-13H2,1-2H3,(H,22,24)/p+1/t14-/m1/s1. The molecule has 1 amide bonds. The lowest BCUT2D eigenvalue weighted by Crippen LogP contribution is -3.10. The fourth-order valence-corrected chi connectivity index (χ4v) is 2.92. The van der Waals surface area contributed by atoms with Crippen molar-refractivity contribution in [2.75, 3.05) is 33.5 Å². The van der Waals surface area contributed by atoms with Crippen molar-refractivity contribution in [1.29, 1.82) is 0 Å². The van der Waals surface area contributed by atoms with Crippen molar-refractivity contribution < 1.29 is 23.9 Å². The van der Waals surface area contributed by atoms with Crippen LogP contribution in [0.15, 0.2) is 42.5 Å². The van der Waals surface area contributed by atoms with Gasteiger partial charge in [0.15, 0.2) is 18.0 Å². The summed E-state index contributed by atoms with van der Waals surface area (Å²) in [5.41, 5.74) is 0.983. The van der Waals surface area contributed by atoms with Crippen molar-refractivity contribution in [3.05, 3.63) is 53.1 Å². The first kappa shape index (κ1) is 19.3.